The molecule has 0 unspecified atom stereocenters. The number of hydrazine groups is 1. The summed E-state index contributed by atoms with van der Waals surface area (Å²) in [5.41, 5.74) is 3.63. The molecular weight excluding hydrogens is 228 g/mol. The van der Waals surface area contributed by atoms with Gasteiger partial charge in [0.15, 0.2) is 0 Å². The van der Waals surface area contributed by atoms with Crippen LogP contribution >= 0.6 is 0 Å². The van der Waals surface area contributed by atoms with Crippen LogP contribution in [-0.2, 0) is 13.0 Å². The number of nitrogens with zero attached hydrogens (tertiary/aromatic N) is 3. The van der Waals surface area contributed by atoms with E-state index in [0.29, 0.717) is 12.4 Å². The average molecular weight is 244 g/mol. The van der Waals surface area contributed by atoms with E-state index in [1.54, 1.807) is 12.3 Å². The van der Waals surface area contributed by atoms with Crippen LogP contribution in [0.1, 0.15) is 18.3 Å². The molecule has 0 aromatic carbocycles. The van der Waals surface area contributed by atoms with Gasteiger partial charge in [0.2, 0.25) is 0 Å². The minimum absolute atomic E-state index is 0.607. The van der Waals surface area contributed by atoms with Gasteiger partial charge in [-0.1, -0.05) is 13.0 Å². The monoisotopic (exact) mass is 244 g/mol. The molecule has 6 heteroatoms. The molecule has 0 aliphatic heterocycles. The molecule has 94 valence electrons. The summed E-state index contributed by atoms with van der Waals surface area (Å²) in [5.74, 6) is 7.48. The fourth-order valence-corrected chi connectivity index (χ4v) is 1.52. The van der Waals surface area contributed by atoms with Gasteiger partial charge in [-0.25, -0.2) is 15.8 Å². The number of rotatable bonds is 5. The molecule has 0 aliphatic carbocycles. The number of nitrogens with two attached hydrogens (primary N) is 1. The normalized spacial score (nSPS) is 10.1. The molecule has 0 fully saturated rings. The van der Waals surface area contributed by atoms with E-state index >= 15 is 0 Å². The van der Waals surface area contributed by atoms with Gasteiger partial charge in [0.05, 0.1) is 0 Å². The zero-order chi connectivity index (χ0) is 12.8. The average Bonchev–Trinajstić information content (AvgIpc) is 2.45. The number of aryl methyl sites for hydroxylation is 1. The van der Waals surface area contributed by atoms with E-state index < -0.39 is 0 Å². The summed E-state index contributed by atoms with van der Waals surface area (Å²) in [6, 6.07) is 5.68. The van der Waals surface area contributed by atoms with Gasteiger partial charge < -0.3 is 10.7 Å². The lowest BCUT2D eigenvalue weighted by Crippen LogP contribution is -2.12. The fraction of sp³-hybridized carbons (Fsp3) is 0.250. The Morgan fingerprint density at radius 1 is 1.28 bits per heavy atom. The molecule has 0 radical (unpaired) electrons. The molecular formula is C12H16N6. The van der Waals surface area contributed by atoms with Gasteiger partial charge in [0.1, 0.15) is 17.5 Å². The molecule has 0 amide bonds. The Morgan fingerprint density at radius 3 is 2.78 bits per heavy atom. The summed E-state index contributed by atoms with van der Waals surface area (Å²) in [6.07, 6.45) is 4.33. The first-order valence-corrected chi connectivity index (χ1v) is 5.79. The Labute approximate surface area is 106 Å². The Morgan fingerprint density at radius 2 is 2.11 bits per heavy atom. The fourth-order valence-electron chi connectivity index (χ4n) is 1.52. The van der Waals surface area contributed by atoms with Gasteiger partial charge in [0, 0.05) is 31.4 Å². The van der Waals surface area contributed by atoms with Crippen LogP contribution in [0, 0.1) is 0 Å². The number of hydrogen-bond donors (Lipinski definition) is 3. The van der Waals surface area contributed by atoms with Crippen LogP contribution in [0.15, 0.2) is 30.6 Å². The predicted molar refractivity (Wildman–Crippen MR) is 70.8 cm³/mol. The lowest BCUT2D eigenvalue weighted by atomic mass is 10.3. The third-order valence-electron chi connectivity index (χ3n) is 2.43. The summed E-state index contributed by atoms with van der Waals surface area (Å²) < 4.78 is 0. The molecule has 2 aromatic rings. The summed E-state index contributed by atoms with van der Waals surface area (Å²) in [4.78, 5) is 12.7. The Kier molecular flexibility index (Phi) is 4.03. The highest BCUT2D eigenvalue weighted by Gasteiger charge is 2.02. The van der Waals surface area contributed by atoms with Crippen LogP contribution in [0.2, 0.25) is 0 Å². The number of aromatic nitrogens is 3. The van der Waals surface area contributed by atoms with E-state index in [2.05, 4.69) is 25.7 Å². The molecule has 0 saturated heterocycles. The maximum atomic E-state index is 5.37. The molecule has 0 spiro atoms. The second-order valence-electron chi connectivity index (χ2n) is 3.77. The number of nitrogens with one attached hydrogen (secondary N) is 2. The van der Waals surface area contributed by atoms with Gasteiger partial charge in [0.25, 0.3) is 0 Å². The first kappa shape index (κ1) is 12.3. The minimum Gasteiger partial charge on any atom is -0.366 e. The second kappa shape index (κ2) is 5.92. The second-order valence-corrected chi connectivity index (χ2v) is 3.77. The molecule has 2 heterocycles. The molecule has 2 aromatic heterocycles. The van der Waals surface area contributed by atoms with Crippen molar-refractivity contribution in [3.8, 4) is 0 Å². The van der Waals surface area contributed by atoms with Crippen molar-refractivity contribution in [2.24, 2.45) is 5.84 Å². The van der Waals surface area contributed by atoms with Crippen LogP contribution in [0.25, 0.3) is 0 Å². The predicted octanol–water partition coefficient (Wildman–Crippen LogP) is 1.33. The largest absolute Gasteiger partial charge is 0.366 e. The van der Waals surface area contributed by atoms with E-state index in [-0.39, 0.29) is 0 Å². The molecule has 4 N–H and O–H groups in total. The van der Waals surface area contributed by atoms with Crippen LogP contribution in [-0.4, -0.2) is 15.0 Å². The summed E-state index contributed by atoms with van der Waals surface area (Å²) in [6.45, 7) is 2.67. The lowest BCUT2D eigenvalue weighted by molar-refractivity contribution is 0.930. The molecule has 6 nitrogen and oxygen atoms in total. The van der Waals surface area contributed by atoms with Gasteiger partial charge >= 0.3 is 0 Å². The number of pyridine rings is 1. The lowest BCUT2D eigenvalue weighted by Gasteiger charge is -2.08. The third kappa shape index (κ3) is 3.14. The van der Waals surface area contributed by atoms with Crippen molar-refractivity contribution >= 4 is 11.6 Å². The van der Waals surface area contributed by atoms with Gasteiger partial charge in [-0.05, 0) is 11.6 Å². The van der Waals surface area contributed by atoms with E-state index in [9.17, 15) is 0 Å². The summed E-state index contributed by atoms with van der Waals surface area (Å²) >= 11 is 0. The first-order valence-electron chi connectivity index (χ1n) is 5.79. The highest BCUT2D eigenvalue weighted by atomic mass is 15.3. The Bertz CT molecular complexity index is 477. The van der Waals surface area contributed by atoms with Crippen molar-refractivity contribution in [3.05, 3.63) is 42.0 Å². The van der Waals surface area contributed by atoms with Crippen molar-refractivity contribution < 1.29 is 0 Å². The van der Waals surface area contributed by atoms with Crippen LogP contribution in [0.3, 0.4) is 0 Å². The maximum absolute atomic E-state index is 5.37. The molecule has 0 bridgehead atoms. The molecule has 18 heavy (non-hydrogen) atoms. The van der Waals surface area contributed by atoms with E-state index in [1.807, 2.05) is 25.3 Å². The summed E-state index contributed by atoms with van der Waals surface area (Å²) in [5, 5.41) is 3.22. The van der Waals surface area contributed by atoms with Crippen molar-refractivity contribution in [3.63, 3.8) is 0 Å². The third-order valence-corrected chi connectivity index (χ3v) is 2.43. The van der Waals surface area contributed by atoms with Gasteiger partial charge in [-0.2, -0.15) is 0 Å². The van der Waals surface area contributed by atoms with Gasteiger partial charge in [-0.15, -0.1) is 0 Å². The quantitative estimate of drug-likeness (QED) is 0.543. The Hall–Kier alpha value is -2.21. The van der Waals surface area contributed by atoms with E-state index in [1.165, 1.54) is 0 Å². The highest BCUT2D eigenvalue weighted by molar-refractivity contribution is 5.47. The van der Waals surface area contributed by atoms with Crippen molar-refractivity contribution in [1.29, 1.82) is 0 Å². The van der Waals surface area contributed by atoms with Crippen LogP contribution in [0.4, 0.5) is 11.6 Å². The van der Waals surface area contributed by atoms with E-state index in [0.717, 1.165) is 23.6 Å². The maximum Gasteiger partial charge on any atom is 0.145 e. The van der Waals surface area contributed by atoms with Crippen LogP contribution < -0.4 is 16.6 Å². The SMILES string of the molecule is CCc1nc(NN)cc(NCc2cccnc2)n1. The highest BCUT2D eigenvalue weighted by Crippen LogP contribution is 2.11. The van der Waals surface area contributed by atoms with Crippen LogP contribution in [0.5, 0.6) is 0 Å². The number of nitrogen functional groups attached to an aromatic ring is 1. The zero-order valence-corrected chi connectivity index (χ0v) is 10.2. The number of anilines is 2. The number of hydrogen-bond acceptors (Lipinski definition) is 6. The Balaban J connectivity index is 2.09. The van der Waals surface area contributed by atoms with Crippen molar-refractivity contribution in [2.75, 3.05) is 10.7 Å². The van der Waals surface area contributed by atoms with Crippen molar-refractivity contribution in [1.82, 2.24) is 15.0 Å². The smallest absolute Gasteiger partial charge is 0.145 e. The molecule has 0 saturated carbocycles. The minimum atomic E-state index is 0.607. The van der Waals surface area contributed by atoms with E-state index in [4.69, 9.17) is 5.84 Å². The van der Waals surface area contributed by atoms with Gasteiger partial charge in [-0.3, -0.25) is 4.98 Å². The zero-order valence-electron chi connectivity index (χ0n) is 10.2. The topological polar surface area (TPSA) is 88.8 Å². The molecule has 0 aliphatic rings. The standard InChI is InChI=1S/C12H16N6/c1-2-10-16-11(6-12(17-10)18-13)15-8-9-4-3-5-14-7-9/h3-7H,2,8,13H2,1H3,(H2,15,16,17,18). The molecule has 0 atom stereocenters. The first-order chi connectivity index (χ1) is 8.81. The molecule has 2 rings (SSSR count). The van der Waals surface area contributed by atoms with Crippen molar-refractivity contribution in [2.45, 2.75) is 19.9 Å². The summed E-state index contributed by atoms with van der Waals surface area (Å²) in [7, 11) is 0.